The van der Waals surface area contributed by atoms with Crippen molar-refractivity contribution in [3.8, 4) is 0 Å². The Bertz CT molecular complexity index is 622. The summed E-state index contributed by atoms with van der Waals surface area (Å²) in [6, 6.07) is 3.74. The van der Waals surface area contributed by atoms with Crippen LogP contribution in [0, 0.1) is 17.0 Å². The summed E-state index contributed by atoms with van der Waals surface area (Å²) in [7, 11) is -3.85. The van der Waals surface area contributed by atoms with Crippen LogP contribution in [0.3, 0.4) is 0 Å². The van der Waals surface area contributed by atoms with Crippen LogP contribution in [0.25, 0.3) is 0 Å². The molecule has 0 bridgehead atoms. The summed E-state index contributed by atoms with van der Waals surface area (Å²) in [6.07, 6.45) is 1.13. The standard InChI is InChI=1S/C11H14N2O5S/c1-8-2-3-9(6-10(8)13(15)16)19(17,18)12-11(7-14)4-5-11/h2-3,6,12,14H,4-5,7H2,1H3. The SMILES string of the molecule is Cc1ccc(S(=O)(=O)NC2(CO)CC2)cc1[N+](=O)[O-]. The van der Waals surface area contributed by atoms with Crippen LogP contribution in [0.1, 0.15) is 18.4 Å². The average molecular weight is 286 g/mol. The molecular weight excluding hydrogens is 272 g/mol. The highest BCUT2D eigenvalue weighted by atomic mass is 32.2. The highest BCUT2D eigenvalue weighted by Crippen LogP contribution is 2.36. The molecule has 1 saturated carbocycles. The fourth-order valence-electron chi connectivity index (χ4n) is 1.74. The van der Waals surface area contributed by atoms with Crippen LogP contribution in [-0.4, -0.2) is 30.6 Å². The van der Waals surface area contributed by atoms with Crippen LogP contribution < -0.4 is 4.72 Å². The molecule has 8 heteroatoms. The molecule has 2 rings (SSSR count). The number of nitro benzene ring substituents is 1. The van der Waals surface area contributed by atoms with E-state index in [1.165, 1.54) is 19.1 Å². The number of sulfonamides is 1. The van der Waals surface area contributed by atoms with E-state index in [0.29, 0.717) is 18.4 Å². The van der Waals surface area contributed by atoms with Gasteiger partial charge in [-0.25, -0.2) is 13.1 Å². The maximum Gasteiger partial charge on any atom is 0.273 e. The van der Waals surface area contributed by atoms with E-state index in [9.17, 15) is 18.5 Å². The lowest BCUT2D eigenvalue weighted by atomic mass is 10.2. The molecule has 0 aromatic heterocycles. The number of nitrogens with zero attached hydrogens (tertiary/aromatic N) is 1. The first-order chi connectivity index (χ1) is 8.80. The molecule has 0 radical (unpaired) electrons. The first-order valence-electron chi connectivity index (χ1n) is 5.70. The van der Waals surface area contributed by atoms with Crippen molar-refractivity contribution in [1.29, 1.82) is 0 Å². The number of aliphatic hydroxyl groups excluding tert-OH is 1. The molecule has 1 fully saturated rings. The predicted molar refractivity (Wildman–Crippen MR) is 67.2 cm³/mol. The molecule has 0 heterocycles. The van der Waals surface area contributed by atoms with E-state index < -0.39 is 20.5 Å². The molecule has 1 aliphatic rings. The first-order valence-corrected chi connectivity index (χ1v) is 7.18. The molecule has 19 heavy (non-hydrogen) atoms. The quantitative estimate of drug-likeness (QED) is 0.612. The number of hydrogen-bond donors (Lipinski definition) is 2. The Hall–Kier alpha value is -1.51. The van der Waals surface area contributed by atoms with Crippen molar-refractivity contribution in [1.82, 2.24) is 4.72 Å². The second-order valence-corrected chi connectivity index (χ2v) is 6.43. The van der Waals surface area contributed by atoms with Gasteiger partial charge < -0.3 is 5.11 Å². The van der Waals surface area contributed by atoms with Gasteiger partial charge in [0.05, 0.1) is 22.0 Å². The van der Waals surface area contributed by atoms with Crippen LogP contribution in [-0.2, 0) is 10.0 Å². The number of rotatable bonds is 5. The summed E-state index contributed by atoms with van der Waals surface area (Å²) in [5.74, 6) is 0. The molecule has 2 N–H and O–H groups in total. The molecule has 1 aliphatic carbocycles. The molecule has 1 aromatic rings. The van der Waals surface area contributed by atoms with Crippen molar-refractivity contribution < 1.29 is 18.4 Å². The van der Waals surface area contributed by atoms with Crippen molar-refractivity contribution >= 4 is 15.7 Å². The van der Waals surface area contributed by atoms with Gasteiger partial charge in [0.25, 0.3) is 5.69 Å². The summed E-state index contributed by atoms with van der Waals surface area (Å²) >= 11 is 0. The van der Waals surface area contributed by atoms with Crippen molar-refractivity contribution in [3.63, 3.8) is 0 Å². The molecule has 0 aliphatic heterocycles. The van der Waals surface area contributed by atoms with E-state index in [-0.39, 0.29) is 17.2 Å². The monoisotopic (exact) mass is 286 g/mol. The molecule has 0 spiro atoms. The van der Waals surface area contributed by atoms with Gasteiger partial charge in [-0.15, -0.1) is 0 Å². The molecule has 0 unspecified atom stereocenters. The van der Waals surface area contributed by atoms with Gasteiger partial charge >= 0.3 is 0 Å². The van der Waals surface area contributed by atoms with Gasteiger partial charge in [0.1, 0.15) is 0 Å². The molecule has 1 aromatic carbocycles. The van der Waals surface area contributed by atoms with E-state index in [0.717, 1.165) is 6.07 Å². The van der Waals surface area contributed by atoms with E-state index in [2.05, 4.69) is 4.72 Å². The zero-order chi connectivity index (χ0) is 14.3. The number of nitro groups is 1. The molecule has 104 valence electrons. The molecule has 0 atom stereocenters. The van der Waals surface area contributed by atoms with Gasteiger partial charge in [-0.1, -0.05) is 6.07 Å². The Kier molecular flexibility index (Phi) is 3.33. The van der Waals surface area contributed by atoms with Crippen LogP contribution in [0.15, 0.2) is 23.1 Å². The zero-order valence-electron chi connectivity index (χ0n) is 10.3. The normalized spacial score (nSPS) is 17.2. The van der Waals surface area contributed by atoms with Crippen molar-refractivity contribution in [2.45, 2.75) is 30.2 Å². The van der Waals surface area contributed by atoms with Gasteiger partial charge in [-0.2, -0.15) is 0 Å². The van der Waals surface area contributed by atoms with Crippen LogP contribution in [0.5, 0.6) is 0 Å². The second kappa shape index (κ2) is 4.55. The average Bonchev–Trinajstić information content (AvgIpc) is 3.08. The third-order valence-electron chi connectivity index (χ3n) is 3.19. The Morgan fingerprint density at radius 2 is 2.11 bits per heavy atom. The minimum Gasteiger partial charge on any atom is -0.394 e. The van der Waals surface area contributed by atoms with Gasteiger partial charge in [-0.3, -0.25) is 10.1 Å². The van der Waals surface area contributed by atoms with Crippen molar-refractivity contribution in [2.24, 2.45) is 0 Å². The van der Waals surface area contributed by atoms with Gasteiger partial charge in [0, 0.05) is 11.6 Å². The second-order valence-electron chi connectivity index (χ2n) is 4.75. The van der Waals surface area contributed by atoms with Crippen LogP contribution in [0.4, 0.5) is 5.69 Å². The van der Waals surface area contributed by atoms with Crippen molar-refractivity contribution in [3.05, 3.63) is 33.9 Å². The molecule has 0 saturated heterocycles. The third-order valence-corrected chi connectivity index (χ3v) is 4.77. The van der Waals surface area contributed by atoms with Crippen LogP contribution in [0.2, 0.25) is 0 Å². The van der Waals surface area contributed by atoms with E-state index >= 15 is 0 Å². The summed E-state index contributed by atoms with van der Waals surface area (Å²) in [5.41, 5.74) is -0.637. The topological polar surface area (TPSA) is 110 Å². The lowest BCUT2D eigenvalue weighted by Gasteiger charge is -2.14. The minimum absolute atomic E-state index is 0.162. The zero-order valence-corrected chi connectivity index (χ0v) is 11.1. The highest BCUT2D eigenvalue weighted by Gasteiger charge is 2.45. The Labute approximate surface area is 110 Å². The number of benzene rings is 1. The summed E-state index contributed by atoms with van der Waals surface area (Å²) in [4.78, 5) is 10.0. The Morgan fingerprint density at radius 1 is 1.47 bits per heavy atom. The minimum atomic E-state index is -3.85. The van der Waals surface area contributed by atoms with Gasteiger partial charge in [-0.05, 0) is 25.8 Å². The van der Waals surface area contributed by atoms with Crippen molar-refractivity contribution in [2.75, 3.05) is 6.61 Å². The fourth-order valence-corrected chi connectivity index (χ4v) is 3.21. The maximum absolute atomic E-state index is 12.1. The van der Waals surface area contributed by atoms with E-state index in [4.69, 9.17) is 5.11 Å². The first kappa shape index (κ1) is 13.9. The molecule has 7 nitrogen and oxygen atoms in total. The maximum atomic E-state index is 12.1. The molecule has 0 amide bonds. The lowest BCUT2D eigenvalue weighted by molar-refractivity contribution is -0.385. The van der Waals surface area contributed by atoms with E-state index in [1.54, 1.807) is 0 Å². The Balaban J connectivity index is 2.36. The van der Waals surface area contributed by atoms with E-state index in [1.807, 2.05) is 0 Å². The lowest BCUT2D eigenvalue weighted by Crippen LogP contribution is -2.39. The van der Waals surface area contributed by atoms with Gasteiger partial charge in [0.15, 0.2) is 0 Å². The summed E-state index contributed by atoms with van der Waals surface area (Å²) < 4.78 is 26.6. The number of aliphatic hydroxyl groups is 1. The third kappa shape index (κ3) is 2.75. The predicted octanol–water partition coefficient (Wildman–Crippen LogP) is 0.706. The number of nitrogens with one attached hydrogen (secondary N) is 1. The number of hydrogen-bond acceptors (Lipinski definition) is 5. The van der Waals surface area contributed by atoms with Crippen LogP contribution >= 0.6 is 0 Å². The summed E-state index contributed by atoms with van der Waals surface area (Å²) in [6.45, 7) is 1.26. The summed E-state index contributed by atoms with van der Waals surface area (Å²) in [5, 5.41) is 19.9. The smallest absolute Gasteiger partial charge is 0.273 e. The van der Waals surface area contributed by atoms with Gasteiger partial charge in [0.2, 0.25) is 10.0 Å². The fraction of sp³-hybridized carbons (Fsp3) is 0.455. The highest BCUT2D eigenvalue weighted by molar-refractivity contribution is 7.89. The largest absolute Gasteiger partial charge is 0.394 e. The Morgan fingerprint density at radius 3 is 2.58 bits per heavy atom. The molecular formula is C11H14N2O5S. The number of aryl methyl sites for hydroxylation is 1.